The minimum atomic E-state index is 0.689. The molecule has 4 heterocycles. The van der Waals surface area contributed by atoms with Crippen LogP contribution in [0.5, 0.6) is 0 Å². The van der Waals surface area contributed by atoms with Gasteiger partial charge in [-0.05, 0) is 40.1 Å². The second kappa shape index (κ2) is 10.9. The van der Waals surface area contributed by atoms with Crippen molar-refractivity contribution in [3.8, 4) is 44.9 Å². The van der Waals surface area contributed by atoms with Gasteiger partial charge in [0.15, 0.2) is 0 Å². The molecule has 0 atom stereocenters. The van der Waals surface area contributed by atoms with Gasteiger partial charge in [0.2, 0.25) is 0 Å². The summed E-state index contributed by atoms with van der Waals surface area (Å²) in [6.07, 6.45) is 0. The van der Waals surface area contributed by atoms with E-state index in [2.05, 4.69) is 101 Å². The Bertz CT molecular complexity index is 2870. The Labute approximate surface area is 280 Å². The molecule has 0 aliphatic carbocycles. The number of aromatic nitrogens is 5. The number of hydrogen-bond donors (Lipinski definition) is 0. The molecular weight excluding hydrogens is 603 g/mol. The molecule has 10 aromatic rings. The lowest BCUT2D eigenvalue weighted by Gasteiger charge is -2.15. The van der Waals surface area contributed by atoms with E-state index in [4.69, 9.17) is 19.6 Å². The topological polar surface area (TPSA) is 77.6 Å². The fourth-order valence-electron chi connectivity index (χ4n) is 7.01. The molecule has 49 heavy (non-hydrogen) atoms. The van der Waals surface area contributed by atoms with Gasteiger partial charge in [0, 0.05) is 49.2 Å². The molecular formula is C43H25N5O. The molecule has 0 amide bonds. The highest BCUT2D eigenvalue weighted by molar-refractivity contribution is 6.26. The maximum Gasteiger partial charge on any atom is 0.144 e. The van der Waals surface area contributed by atoms with Crippen molar-refractivity contribution in [1.82, 2.24) is 25.3 Å². The number of rotatable bonds is 4. The Kier molecular flexibility index (Phi) is 6.08. The van der Waals surface area contributed by atoms with Crippen LogP contribution in [-0.2, 0) is 0 Å². The van der Waals surface area contributed by atoms with Gasteiger partial charge < -0.3 is 0 Å². The standard InChI is InChI=1S/C43H25N5O/c1-4-11-26(12-5-1)32-25-33-38(43-42(32)47-49-48-43)37-31(17-10-18-36(37)46-39(33)28-15-8-3-9-16-28)35-24-22-30-20-19-29-21-23-34(27-13-6-2-7-14-27)44-40(29)41(30)45-35/h1-25H. The van der Waals surface area contributed by atoms with E-state index >= 15 is 0 Å². The summed E-state index contributed by atoms with van der Waals surface area (Å²) >= 11 is 0. The van der Waals surface area contributed by atoms with Gasteiger partial charge in [0.1, 0.15) is 11.0 Å². The summed E-state index contributed by atoms with van der Waals surface area (Å²) < 4.78 is 5.48. The number of fused-ring (bicyclic) bond motifs is 8. The van der Waals surface area contributed by atoms with Crippen molar-refractivity contribution in [2.24, 2.45) is 0 Å². The maximum atomic E-state index is 5.48. The third-order valence-electron chi connectivity index (χ3n) is 9.32. The highest BCUT2D eigenvalue weighted by Gasteiger charge is 2.22. The number of hydrogen-bond acceptors (Lipinski definition) is 6. The molecule has 6 nitrogen and oxygen atoms in total. The van der Waals surface area contributed by atoms with Crippen molar-refractivity contribution in [1.29, 1.82) is 0 Å². The fourth-order valence-corrected chi connectivity index (χ4v) is 7.01. The summed E-state index contributed by atoms with van der Waals surface area (Å²) in [5.74, 6) is 0. The third kappa shape index (κ3) is 4.38. The molecule has 0 saturated heterocycles. The average molecular weight is 628 g/mol. The van der Waals surface area contributed by atoms with E-state index in [9.17, 15) is 0 Å². The van der Waals surface area contributed by atoms with E-state index in [1.165, 1.54) is 0 Å². The predicted octanol–water partition coefficient (Wildman–Crippen LogP) is 10.7. The van der Waals surface area contributed by atoms with Gasteiger partial charge in [-0.25, -0.2) is 19.6 Å². The van der Waals surface area contributed by atoms with Crippen LogP contribution in [0.1, 0.15) is 0 Å². The summed E-state index contributed by atoms with van der Waals surface area (Å²) in [6.45, 7) is 0. The van der Waals surface area contributed by atoms with Gasteiger partial charge >= 0.3 is 0 Å². The minimum absolute atomic E-state index is 0.689. The van der Waals surface area contributed by atoms with Gasteiger partial charge in [-0.2, -0.15) is 0 Å². The van der Waals surface area contributed by atoms with Crippen LogP contribution in [0, 0.1) is 0 Å². The number of pyridine rings is 3. The second-order valence-corrected chi connectivity index (χ2v) is 12.2. The van der Waals surface area contributed by atoms with Crippen LogP contribution in [0.4, 0.5) is 0 Å². The van der Waals surface area contributed by atoms with Crippen LogP contribution >= 0.6 is 0 Å². The number of benzene rings is 6. The lowest BCUT2D eigenvalue weighted by molar-refractivity contribution is 0.316. The molecule has 0 unspecified atom stereocenters. The minimum Gasteiger partial charge on any atom is -0.247 e. The van der Waals surface area contributed by atoms with Gasteiger partial charge in [-0.3, -0.25) is 0 Å². The van der Waals surface area contributed by atoms with E-state index in [1.54, 1.807) is 0 Å². The highest BCUT2D eigenvalue weighted by atomic mass is 16.6. The normalized spacial score (nSPS) is 11.7. The van der Waals surface area contributed by atoms with Crippen LogP contribution in [0.25, 0.3) is 99.4 Å². The molecule has 0 saturated carbocycles. The SMILES string of the molecule is c1ccc(-c2ccc3ccc4ccc(-c5cccc6nc(-c7ccccc7)c7cc(-c8ccccc8)c8nonc8c7c56)nc4c3n2)cc1. The monoisotopic (exact) mass is 627 g/mol. The Morgan fingerprint density at radius 1 is 0.388 bits per heavy atom. The van der Waals surface area contributed by atoms with Gasteiger partial charge in [0.05, 0.1) is 33.6 Å². The van der Waals surface area contributed by atoms with E-state index < -0.39 is 0 Å². The summed E-state index contributed by atoms with van der Waals surface area (Å²) in [6, 6.07) is 51.8. The lowest BCUT2D eigenvalue weighted by atomic mass is 9.91. The van der Waals surface area contributed by atoms with Crippen LogP contribution in [0.15, 0.2) is 156 Å². The van der Waals surface area contributed by atoms with E-state index in [1.807, 2.05) is 60.7 Å². The van der Waals surface area contributed by atoms with Gasteiger partial charge in [-0.1, -0.05) is 127 Å². The van der Waals surface area contributed by atoms with Crippen molar-refractivity contribution in [3.05, 3.63) is 152 Å². The maximum absolute atomic E-state index is 5.48. The fraction of sp³-hybridized carbons (Fsp3) is 0. The van der Waals surface area contributed by atoms with Gasteiger partial charge in [-0.15, -0.1) is 0 Å². The van der Waals surface area contributed by atoms with Crippen molar-refractivity contribution in [2.75, 3.05) is 0 Å². The van der Waals surface area contributed by atoms with Crippen molar-refractivity contribution in [2.45, 2.75) is 0 Å². The molecule has 228 valence electrons. The zero-order valence-corrected chi connectivity index (χ0v) is 26.1. The molecule has 0 radical (unpaired) electrons. The Morgan fingerprint density at radius 3 is 1.69 bits per heavy atom. The van der Waals surface area contributed by atoms with Crippen LogP contribution in [-0.4, -0.2) is 25.3 Å². The van der Waals surface area contributed by atoms with E-state index in [0.29, 0.717) is 11.0 Å². The Hall–Kier alpha value is -6.79. The van der Waals surface area contributed by atoms with Crippen molar-refractivity contribution in [3.63, 3.8) is 0 Å². The molecule has 0 spiro atoms. The van der Waals surface area contributed by atoms with Crippen LogP contribution < -0.4 is 0 Å². The molecule has 4 aromatic heterocycles. The van der Waals surface area contributed by atoms with E-state index in [0.717, 1.165) is 88.4 Å². The molecule has 0 aliphatic rings. The zero-order chi connectivity index (χ0) is 32.3. The van der Waals surface area contributed by atoms with Crippen LogP contribution in [0.2, 0.25) is 0 Å². The second-order valence-electron chi connectivity index (χ2n) is 12.2. The van der Waals surface area contributed by atoms with Crippen molar-refractivity contribution < 1.29 is 4.63 Å². The first-order valence-corrected chi connectivity index (χ1v) is 16.2. The predicted molar refractivity (Wildman–Crippen MR) is 197 cm³/mol. The largest absolute Gasteiger partial charge is 0.247 e. The first kappa shape index (κ1) is 27.3. The number of nitrogens with zero attached hydrogens (tertiary/aromatic N) is 5. The summed E-state index contributed by atoms with van der Waals surface area (Å²) in [4.78, 5) is 15.8. The van der Waals surface area contributed by atoms with E-state index in [-0.39, 0.29) is 0 Å². The quantitative estimate of drug-likeness (QED) is 0.181. The summed E-state index contributed by atoms with van der Waals surface area (Å²) in [5, 5.41) is 13.9. The molecule has 0 N–H and O–H groups in total. The molecule has 6 aromatic carbocycles. The zero-order valence-electron chi connectivity index (χ0n) is 26.1. The average Bonchev–Trinajstić information content (AvgIpc) is 3.68. The van der Waals surface area contributed by atoms with Gasteiger partial charge in [0.25, 0.3) is 0 Å². The molecule has 0 bridgehead atoms. The third-order valence-corrected chi connectivity index (χ3v) is 9.32. The molecule has 6 heteroatoms. The lowest BCUT2D eigenvalue weighted by Crippen LogP contribution is -1.95. The Morgan fingerprint density at radius 2 is 0.980 bits per heavy atom. The summed E-state index contributed by atoms with van der Waals surface area (Å²) in [7, 11) is 0. The Balaban J connectivity index is 1.29. The smallest absolute Gasteiger partial charge is 0.144 e. The molecule has 10 rings (SSSR count). The molecule has 0 aliphatic heterocycles. The van der Waals surface area contributed by atoms with Crippen molar-refractivity contribution >= 4 is 54.5 Å². The molecule has 0 fully saturated rings. The first-order chi connectivity index (χ1) is 24.3. The summed E-state index contributed by atoms with van der Waals surface area (Å²) in [5.41, 5.74) is 11.6. The first-order valence-electron chi connectivity index (χ1n) is 16.2. The highest BCUT2D eigenvalue weighted by Crippen LogP contribution is 2.43. The van der Waals surface area contributed by atoms with Crippen LogP contribution in [0.3, 0.4) is 0 Å².